The van der Waals surface area contributed by atoms with Crippen LogP contribution in [0.3, 0.4) is 0 Å². The summed E-state index contributed by atoms with van der Waals surface area (Å²) in [6.45, 7) is 3.72. The molecule has 7 nitrogen and oxygen atoms in total. The molecule has 0 aliphatic heterocycles. The summed E-state index contributed by atoms with van der Waals surface area (Å²) in [4.78, 5) is 17.1. The smallest absolute Gasteiger partial charge is 0.280 e. The van der Waals surface area contributed by atoms with Crippen molar-refractivity contribution in [3.05, 3.63) is 108 Å². The highest BCUT2D eigenvalue weighted by Crippen LogP contribution is 2.25. The van der Waals surface area contributed by atoms with Crippen LogP contribution in [0.4, 0.5) is 0 Å². The minimum Gasteiger partial charge on any atom is -0.479 e. The first kappa shape index (κ1) is 23.0. The molecule has 7 heteroatoms. The molecule has 2 aromatic heterocycles. The number of hydrogen-bond donors (Lipinski definition) is 1. The highest BCUT2D eigenvalue weighted by Gasteiger charge is 2.16. The van der Waals surface area contributed by atoms with Crippen LogP contribution >= 0.6 is 0 Å². The Morgan fingerprint density at radius 3 is 2.58 bits per heavy atom. The number of carbonyl (C=O) groups is 1. The fraction of sp³-hybridized carbons (Fsp3) is 0.103. The first-order valence-electron chi connectivity index (χ1n) is 11.6. The minimum atomic E-state index is -0.765. The van der Waals surface area contributed by atoms with Crippen molar-refractivity contribution in [3.8, 4) is 22.7 Å². The fourth-order valence-electron chi connectivity index (χ4n) is 3.80. The van der Waals surface area contributed by atoms with Crippen molar-refractivity contribution in [2.24, 2.45) is 5.10 Å². The first-order chi connectivity index (χ1) is 17.6. The molecule has 1 N–H and O–H groups in total. The predicted octanol–water partition coefficient (Wildman–Crippen LogP) is 5.31. The summed E-state index contributed by atoms with van der Waals surface area (Å²) in [5.74, 6) is 0.178. The van der Waals surface area contributed by atoms with Crippen molar-refractivity contribution >= 4 is 23.0 Å². The van der Waals surface area contributed by atoms with E-state index in [-0.39, 0.29) is 5.91 Å². The molecular formula is C29H25N5O2. The van der Waals surface area contributed by atoms with Gasteiger partial charge in [-0.2, -0.15) is 10.2 Å². The summed E-state index contributed by atoms with van der Waals surface area (Å²) in [5.41, 5.74) is 7.89. The number of amides is 1. The van der Waals surface area contributed by atoms with Crippen LogP contribution in [0, 0.1) is 6.92 Å². The summed E-state index contributed by atoms with van der Waals surface area (Å²) in [7, 11) is 0. The van der Waals surface area contributed by atoms with Crippen LogP contribution < -0.4 is 10.2 Å². The highest BCUT2D eigenvalue weighted by atomic mass is 16.5. The number of benzene rings is 3. The van der Waals surface area contributed by atoms with Gasteiger partial charge in [-0.05, 0) is 38.1 Å². The highest BCUT2D eigenvalue weighted by molar-refractivity contribution is 5.90. The number of rotatable bonds is 7. The molecule has 0 spiro atoms. The van der Waals surface area contributed by atoms with E-state index in [2.05, 4.69) is 15.5 Å². The lowest BCUT2D eigenvalue weighted by Gasteiger charge is -2.14. The van der Waals surface area contributed by atoms with E-state index in [0.717, 1.165) is 27.9 Å². The van der Waals surface area contributed by atoms with Gasteiger partial charge in [0, 0.05) is 28.9 Å². The third-order valence-corrected chi connectivity index (χ3v) is 5.74. The van der Waals surface area contributed by atoms with Gasteiger partial charge >= 0.3 is 0 Å². The van der Waals surface area contributed by atoms with Crippen LogP contribution in [0.2, 0.25) is 0 Å². The molecule has 0 saturated heterocycles. The largest absolute Gasteiger partial charge is 0.479 e. The van der Waals surface area contributed by atoms with Crippen molar-refractivity contribution in [1.29, 1.82) is 0 Å². The van der Waals surface area contributed by atoms with E-state index in [1.54, 1.807) is 30.1 Å². The van der Waals surface area contributed by atoms with Gasteiger partial charge in [-0.3, -0.25) is 9.78 Å². The lowest BCUT2D eigenvalue weighted by Crippen LogP contribution is -2.33. The summed E-state index contributed by atoms with van der Waals surface area (Å²) >= 11 is 0. The van der Waals surface area contributed by atoms with E-state index < -0.39 is 6.10 Å². The van der Waals surface area contributed by atoms with Gasteiger partial charge in [0.2, 0.25) is 0 Å². The molecule has 1 atom stereocenters. The molecule has 0 aliphatic carbocycles. The van der Waals surface area contributed by atoms with E-state index in [1.165, 1.54) is 5.56 Å². The third-order valence-electron chi connectivity index (χ3n) is 5.74. The van der Waals surface area contributed by atoms with Crippen molar-refractivity contribution in [3.63, 3.8) is 0 Å². The lowest BCUT2D eigenvalue weighted by atomic mass is 10.1. The van der Waals surface area contributed by atoms with Crippen LogP contribution in [0.1, 0.15) is 18.1 Å². The maximum Gasteiger partial charge on any atom is 0.280 e. The second-order valence-electron chi connectivity index (χ2n) is 8.40. The topological polar surface area (TPSA) is 81.4 Å². The van der Waals surface area contributed by atoms with Crippen LogP contribution in [-0.2, 0) is 4.79 Å². The quantitative estimate of drug-likeness (QED) is 0.255. The van der Waals surface area contributed by atoms with E-state index in [1.807, 2.05) is 92.0 Å². The van der Waals surface area contributed by atoms with Gasteiger partial charge in [-0.1, -0.05) is 66.2 Å². The maximum absolute atomic E-state index is 12.7. The molecule has 0 unspecified atom stereocenters. The molecule has 36 heavy (non-hydrogen) atoms. The van der Waals surface area contributed by atoms with E-state index in [0.29, 0.717) is 11.3 Å². The Morgan fingerprint density at radius 1 is 1.00 bits per heavy atom. The van der Waals surface area contributed by atoms with Crippen molar-refractivity contribution in [1.82, 2.24) is 20.2 Å². The molecule has 0 bridgehead atoms. The summed E-state index contributed by atoms with van der Waals surface area (Å²) in [6, 6.07) is 27.4. The van der Waals surface area contributed by atoms with Crippen LogP contribution in [0.25, 0.3) is 27.8 Å². The molecule has 178 valence electrons. The zero-order chi connectivity index (χ0) is 24.9. The lowest BCUT2D eigenvalue weighted by molar-refractivity contribution is -0.127. The third kappa shape index (κ3) is 5.00. The molecule has 2 heterocycles. The van der Waals surface area contributed by atoms with Gasteiger partial charge in [-0.15, -0.1) is 0 Å². The maximum atomic E-state index is 12.7. The number of nitrogens with zero attached hydrogens (tertiary/aromatic N) is 4. The monoisotopic (exact) mass is 475 g/mol. The number of nitrogens with one attached hydrogen (secondary N) is 1. The zero-order valence-electron chi connectivity index (χ0n) is 20.0. The molecule has 1 amide bonds. The number of hydrazone groups is 1. The Hall–Kier alpha value is -4.78. The van der Waals surface area contributed by atoms with E-state index >= 15 is 0 Å². The van der Waals surface area contributed by atoms with Crippen LogP contribution in [0.15, 0.2) is 102 Å². The number of ether oxygens (including phenoxy) is 1. The van der Waals surface area contributed by atoms with E-state index in [4.69, 9.17) is 9.84 Å². The van der Waals surface area contributed by atoms with Gasteiger partial charge in [0.1, 0.15) is 17.0 Å². The number of fused-ring (bicyclic) bond motifs is 1. The molecule has 5 rings (SSSR count). The molecule has 0 aliphatic rings. The fourth-order valence-corrected chi connectivity index (χ4v) is 3.80. The van der Waals surface area contributed by atoms with Crippen LogP contribution in [0.5, 0.6) is 5.75 Å². The number of pyridine rings is 1. The first-order valence-corrected chi connectivity index (χ1v) is 11.6. The molecule has 5 aromatic rings. The average Bonchev–Trinajstić information content (AvgIpc) is 3.34. The summed E-state index contributed by atoms with van der Waals surface area (Å²) < 4.78 is 7.70. The Bertz CT molecular complexity index is 1520. The number of aromatic nitrogens is 3. The minimum absolute atomic E-state index is 0.369. The SMILES string of the molecule is Cc1ccc(-c2nn(-c3ccccc3)cc2/C=N\NC(=O)[C@H](C)Oc2cccc3cccnc23)cc1. The van der Waals surface area contributed by atoms with Crippen LogP contribution in [-0.4, -0.2) is 33.0 Å². The van der Waals surface area contributed by atoms with Gasteiger partial charge < -0.3 is 4.74 Å². The Labute approximate surface area is 209 Å². The predicted molar refractivity (Wildman–Crippen MR) is 141 cm³/mol. The Morgan fingerprint density at radius 2 is 1.78 bits per heavy atom. The van der Waals surface area contributed by atoms with Gasteiger partial charge in [0.25, 0.3) is 5.91 Å². The molecule has 3 aromatic carbocycles. The number of aryl methyl sites for hydroxylation is 1. The van der Waals surface area contributed by atoms with Gasteiger partial charge in [0.05, 0.1) is 11.9 Å². The molecular weight excluding hydrogens is 450 g/mol. The number of para-hydroxylation sites is 2. The molecule has 0 saturated carbocycles. The van der Waals surface area contributed by atoms with Gasteiger partial charge in [0.15, 0.2) is 6.10 Å². The standard InChI is InChI=1S/C29H25N5O2/c1-20-13-15-23(16-14-20)27-24(19-34(33-27)25-10-4-3-5-11-25)18-31-32-29(35)21(2)36-26-12-6-8-22-9-7-17-30-28(22)26/h3-19,21H,1-2H3,(H,32,35)/b31-18-/t21-/m0/s1. The van der Waals surface area contributed by atoms with Crippen molar-refractivity contribution in [2.75, 3.05) is 0 Å². The van der Waals surface area contributed by atoms with Crippen molar-refractivity contribution in [2.45, 2.75) is 20.0 Å². The average molecular weight is 476 g/mol. The zero-order valence-corrected chi connectivity index (χ0v) is 20.0. The summed E-state index contributed by atoms with van der Waals surface area (Å²) in [5, 5.41) is 9.93. The second kappa shape index (κ2) is 10.2. The number of carbonyl (C=O) groups excluding carboxylic acids is 1. The van der Waals surface area contributed by atoms with Crippen molar-refractivity contribution < 1.29 is 9.53 Å². The van der Waals surface area contributed by atoms with Gasteiger partial charge in [-0.25, -0.2) is 10.1 Å². The van der Waals surface area contributed by atoms with E-state index in [9.17, 15) is 4.79 Å². The molecule has 0 radical (unpaired) electrons. The molecule has 0 fully saturated rings. The summed E-state index contributed by atoms with van der Waals surface area (Å²) in [6.07, 6.45) is 4.43. The normalized spacial score (nSPS) is 12.1. The Kier molecular flexibility index (Phi) is 6.53. The Balaban J connectivity index is 1.34. The number of hydrogen-bond acceptors (Lipinski definition) is 5. The second-order valence-corrected chi connectivity index (χ2v) is 8.40.